The molecule has 0 spiro atoms. The van der Waals surface area contributed by atoms with Crippen LogP contribution in [0.25, 0.3) is 0 Å². The monoisotopic (exact) mass is 364 g/mol. The average molecular weight is 364 g/mol. The lowest BCUT2D eigenvalue weighted by atomic mass is 9.97. The normalized spacial score (nSPS) is 21.1. The van der Waals surface area contributed by atoms with Gasteiger partial charge in [0.2, 0.25) is 11.6 Å². The molecular formula is C21H20N2O4. The third-order valence-electron chi connectivity index (χ3n) is 5.36. The van der Waals surface area contributed by atoms with Crippen LogP contribution in [-0.4, -0.2) is 35.4 Å². The third-order valence-corrected chi connectivity index (χ3v) is 5.36. The van der Waals surface area contributed by atoms with Crippen LogP contribution in [0.4, 0.5) is 5.69 Å². The van der Waals surface area contributed by atoms with Gasteiger partial charge in [-0.05, 0) is 24.6 Å². The van der Waals surface area contributed by atoms with Crippen LogP contribution < -0.4 is 4.90 Å². The maximum Gasteiger partial charge on any atom is 0.354 e. The Hall–Kier alpha value is -3.15. The van der Waals surface area contributed by atoms with Gasteiger partial charge in [-0.25, -0.2) is 4.79 Å². The van der Waals surface area contributed by atoms with E-state index in [0.29, 0.717) is 11.3 Å². The Morgan fingerprint density at radius 2 is 1.81 bits per heavy atom. The molecule has 2 amide bonds. The Morgan fingerprint density at radius 1 is 1.11 bits per heavy atom. The summed E-state index contributed by atoms with van der Waals surface area (Å²) < 4.78 is 5.57. The van der Waals surface area contributed by atoms with Gasteiger partial charge in [-0.3, -0.25) is 14.5 Å². The minimum absolute atomic E-state index is 0.0899. The van der Waals surface area contributed by atoms with Crippen molar-refractivity contribution in [2.75, 3.05) is 11.9 Å². The number of carbonyl (C=O) groups is 3. The largest absolute Gasteiger partial charge is 0.458 e. The first-order chi connectivity index (χ1) is 12.9. The first-order valence-electron chi connectivity index (χ1n) is 8.88. The molecule has 6 heteroatoms. The van der Waals surface area contributed by atoms with Crippen LogP contribution in [0.1, 0.15) is 34.3 Å². The third kappa shape index (κ3) is 2.51. The van der Waals surface area contributed by atoms with Gasteiger partial charge in [0.15, 0.2) is 0 Å². The molecule has 0 aliphatic carbocycles. The number of benzene rings is 2. The molecule has 1 atom stereocenters. The molecule has 0 saturated carbocycles. The summed E-state index contributed by atoms with van der Waals surface area (Å²) in [6.45, 7) is 2.07. The van der Waals surface area contributed by atoms with Crippen molar-refractivity contribution in [3.05, 3.63) is 65.2 Å². The van der Waals surface area contributed by atoms with Crippen molar-refractivity contribution in [2.24, 2.45) is 0 Å². The molecule has 2 aliphatic heterocycles. The van der Waals surface area contributed by atoms with E-state index in [4.69, 9.17) is 4.74 Å². The summed E-state index contributed by atoms with van der Waals surface area (Å²) in [5.74, 6) is -1.06. The van der Waals surface area contributed by atoms with Gasteiger partial charge in [-0.15, -0.1) is 0 Å². The van der Waals surface area contributed by atoms with E-state index in [1.165, 1.54) is 9.80 Å². The number of hydrogen-bond donors (Lipinski definition) is 0. The number of aryl methyl sites for hydroxylation is 1. The van der Waals surface area contributed by atoms with E-state index in [2.05, 4.69) is 0 Å². The highest BCUT2D eigenvalue weighted by molar-refractivity contribution is 6.15. The summed E-state index contributed by atoms with van der Waals surface area (Å²) in [5, 5.41) is 0. The van der Waals surface area contributed by atoms with Crippen molar-refractivity contribution in [3.63, 3.8) is 0 Å². The Morgan fingerprint density at radius 3 is 2.56 bits per heavy atom. The first-order valence-corrected chi connectivity index (χ1v) is 8.88. The van der Waals surface area contributed by atoms with Crippen molar-refractivity contribution in [2.45, 2.75) is 32.0 Å². The standard InChI is InChI=1S/C21H20N2O4/c1-14-7-9-15(10-8-14)13-27-20(26)21-12-11-18(24)23(21)17-6-4-3-5-16(17)19(25)22(21)2/h3-10H,11-13H2,1-2H3/t21-/m0/s1. The summed E-state index contributed by atoms with van der Waals surface area (Å²) in [6, 6.07) is 14.5. The van der Waals surface area contributed by atoms with Crippen LogP contribution in [0.2, 0.25) is 0 Å². The number of likely N-dealkylation sites (N-methyl/N-ethyl adjacent to an activating group) is 1. The van der Waals surface area contributed by atoms with Crippen molar-refractivity contribution >= 4 is 23.5 Å². The first kappa shape index (κ1) is 17.3. The summed E-state index contributed by atoms with van der Waals surface area (Å²) in [7, 11) is 1.55. The Bertz CT molecular complexity index is 937. The second-order valence-electron chi connectivity index (χ2n) is 6.99. The minimum atomic E-state index is -1.42. The van der Waals surface area contributed by atoms with E-state index in [0.717, 1.165) is 11.1 Å². The molecule has 0 N–H and O–H groups in total. The Labute approximate surface area is 157 Å². The van der Waals surface area contributed by atoms with Crippen LogP contribution in [-0.2, 0) is 20.9 Å². The predicted molar refractivity (Wildman–Crippen MR) is 99.0 cm³/mol. The SMILES string of the molecule is Cc1ccc(COC(=O)[C@]23CCC(=O)N2c2ccccc2C(=O)N3C)cc1. The number of nitrogens with zero attached hydrogens (tertiary/aromatic N) is 2. The van der Waals surface area contributed by atoms with Crippen LogP contribution in [0, 0.1) is 6.92 Å². The molecule has 2 heterocycles. The van der Waals surface area contributed by atoms with E-state index in [1.807, 2.05) is 31.2 Å². The lowest BCUT2D eigenvalue weighted by Gasteiger charge is -2.46. The minimum Gasteiger partial charge on any atom is -0.458 e. The van der Waals surface area contributed by atoms with Crippen LogP contribution in [0.15, 0.2) is 48.5 Å². The number of hydrogen-bond acceptors (Lipinski definition) is 4. The van der Waals surface area contributed by atoms with E-state index < -0.39 is 11.6 Å². The van der Waals surface area contributed by atoms with Crippen LogP contribution >= 0.6 is 0 Å². The molecule has 2 aliphatic rings. The lowest BCUT2D eigenvalue weighted by Crippen LogP contribution is -2.67. The lowest BCUT2D eigenvalue weighted by molar-refractivity contribution is -0.157. The fraction of sp³-hybridized carbons (Fsp3) is 0.286. The molecule has 1 fully saturated rings. The number of para-hydroxylation sites is 1. The molecule has 2 aromatic rings. The number of amides is 2. The fourth-order valence-electron chi connectivity index (χ4n) is 3.84. The van der Waals surface area contributed by atoms with Crippen molar-refractivity contribution < 1.29 is 19.1 Å². The molecule has 0 unspecified atom stereocenters. The second kappa shape index (κ2) is 6.23. The highest BCUT2D eigenvalue weighted by Gasteiger charge is 2.60. The van der Waals surface area contributed by atoms with Gasteiger partial charge in [-0.1, -0.05) is 42.0 Å². The quantitative estimate of drug-likeness (QED) is 0.786. The predicted octanol–water partition coefficient (Wildman–Crippen LogP) is 2.65. The number of fused-ring (bicyclic) bond motifs is 3. The van der Waals surface area contributed by atoms with Gasteiger partial charge >= 0.3 is 5.97 Å². The highest BCUT2D eigenvalue weighted by atomic mass is 16.5. The molecule has 0 aromatic heterocycles. The van der Waals surface area contributed by atoms with Gasteiger partial charge in [0.25, 0.3) is 5.91 Å². The molecule has 0 bridgehead atoms. The molecule has 6 nitrogen and oxygen atoms in total. The summed E-state index contributed by atoms with van der Waals surface area (Å²) in [6.07, 6.45) is 0.403. The zero-order valence-corrected chi connectivity index (χ0v) is 15.3. The maximum atomic E-state index is 13.1. The number of esters is 1. The number of carbonyl (C=O) groups excluding carboxylic acids is 3. The molecule has 1 saturated heterocycles. The van der Waals surface area contributed by atoms with Crippen molar-refractivity contribution in [1.29, 1.82) is 0 Å². The summed E-state index contributed by atoms with van der Waals surface area (Å²) in [4.78, 5) is 41.4. The van der Waals surface area contributed by atoms with Gasteiger partial charge in [0.1, 0.15) is 6.61 Å². The Balaban J connectivity index is 1.69. The molecule has 0 radical (unpaired) electrons. The summed E-state index contributed by atoms with van der Waals surface area (Å²) >= 11 is 0. The average Bonchev–Trinajstić information content (AvgIpc) is 3.04. The van der Waals surface area contributed by atoms with Crippen LogP contribution in [0.5, 0.6) is 0 Å². The van der Waals surface area contributed by atoms with E-state index in [-0.39, 0.29) is 31.3 Å². The molecule has 27 heavy (non-hydrogen) atoms. The molecule has 2 aromatic carbocycles. The second-order valence-corrected chi connectivity index (χ2v) is 6.99. The molecule has 4 rings (SSSR count). The maximum absolute atomic E-state index is 13.1. The highest BCUT2D eigenvalue weighted by Crippen LogP contribution is 2.44. The van der Waals surface area contributed by atoms with E-state index in [1.54, 1.807) is 31.3 Å². The van der Waals surface area contributed by atoms with Gasteiger partial charge in [0.05, 0.1) is 11.3 Å². The number of anilines is 1. The van der Waals surface area contributed by atoms with E-state index >= 15 is 0 Å². The molecular weight excluding hydrogens is 344 g/mol. The van der Waals surface area contributed by atoms with E-state index in [9.17, 15) is 14.4 Å². The van der Waals surface area contributed by atoms with Gasteiger partial charge < -0.3 is 9.64 Å². The van der Waals surface area contributed by atoms with Crippen LogP contribution in [0.3, 0.4) is 0 Å². The topological polar surface area (TPSA) is 66.9 Å². The van der Waals surface area contributed by atoms with Gasteiger partial charge in [0, 0.05) is 19.9 Å². The fourth-order valence-corrected chi connectivity index (χ4v) is 3.84. The van der Waals surface area contributed by atoms with Crippen molar-refractivity contribution in [1.82, 2.24) is 4.90 Å². The zero-order chi connectivity index (χ0) is 19.2. The summed E-state index contributed by atoms with van der Waals surface area (Å²) in [5.41, 5.74) is 1.43. The zero-order valence-electron chi connectivity index (χ0n) is 15.3. The Kier molecular flexibility index (Phi) is 3.98. The molecule has 138 valence electrons. The smallest absolute Gasteiger partial charge is 0.354 e. The number of rotatable bonds is 3. The number of ether oxygens (including phenoxy) is 1. The van der Waals surface area contributed by atoms with Gasteiger partial charge in [-0.2, -0.15) is 0 Å². The van der Waals surface area contributed by atoms with Crippen molar-refractivity contribution in [3.8, 4) is 0 Å².